The molecule has 8 heteroatoms. The van der Waals surface area contributed by atoms with Crippen LogP contribution in [0.5, 0.6) is 0 Å². The second kappa shape index (κ2) is 6.56. The van der Waals surface area contributed by atoms with Crippen LogP contribution in [0.4, 0.5) is 0 Å². The van der Waals surface area contributed by atoms with Crippen molar-refractivity contribution in [3.63, 3.8) is 0 Å². The van der Waals surface area contributed by atoms with Crippen molar-refractivity contribution in [3.05, 3.63) is 12.4 Å². The first-order valence-electron chi connectivity index (χ1n) is 5.10. The summed E-state index contributed by atoms with van der Waals surface area (Å²) in [5, 5.41) is 10.2. The number of rotatable bonds is 8. The number of nitrogens with zero attached hydrogens (tertiary/aromatic N) is 3. The summed E-state index contributed by atoms with van der Waals surface area (Å²) in [6, 6.07) is 0. The van der Waals surface area contributed by atoms with Crippen LogP contribution in [0.1, 0.15) is 6.42 Å². The SMILES string of the molecule is CNCCS(=O)(=O)NCCCn1ccnn1. The molecular weight excluding hydrogens is 230 g/mol. The van der Waals surface area contributed by atoms with E-state index in [1.54, 1.807) is 24.1 Å². The summed E-state index contributed by atoms with van der Waals surface area (Å²) in [4.78, 5) is 0. The maximum absolute atomic E-state index is 11.4. The molecule has 0 radical (unpaired) electrons. The summed E-state index contributed by atoms with van der Waals surface area (Å²) in [5.41, 5.74) is 0. The molecule has 0 aliphatic carbocycles. The van der Waals surface area contributed by atoms with Gasteiger partial charge in [-0.2, -0.15) is 0 Å². The van der Waals surface area contributed by atoms with E-state index in [0.29, 0.717) is 26.1 Å². The van der Waals surface area contributed by atoms with Crippen LogP contribution in [-0.2, 0) is 16.6 Å². The van der Waals surface area contributed by atoms with Crippen molar-refractivity contribution in [2.24, 2.45) is 0 Å². The Hall–Kier alpha value is -0.990. The molecule has 0 aliphatic rings. The van der Waals surface area contributed by atoms with Crippen LogP contribution >= 0.6 is 0 Å². The van der Waals surface area contributed by atoms with Crippen molar-refractivity contribution in [2.45, 2.75) is 13.0 Å². The molecule has 0 aromatic carbocycles. The maximum Gasteiger partial charge on any atom is 0.212 e. The number of nitrogens with one attached hydrogen (secondary N) is 2. The van der Waals surface area contributed by atoms with Gasteiger partial charge in [0.1, 0.15) is 0 Å². The normalized spacial score (nSPS) is 11.8. The summed E-state index contributed by atoms with van der Waals surface area (Å²) in [7, 11) is -1.42. The molecule has 1 aromatic heterocycles. The van der Waals surface area contributed by atoms with E-state index in [9.17, 15) is 8.42 Å². The lowest BCUT2D eigenvalue weighted by molar-refractivity contribution is 0.541. The summed E-state index contributed by atoms with van der Waals surface area (Å²) in [6.07, 6.45) is 4.04. The van der Waals surface area contributed by atoms with Crippen molar-refractivity contribution in [1.29, 1.82) is 0 Å². The van der Waals surface area contributed by atoms with E-state index in [1.165, 1.54) is 0 Å². The lowest BCUT2D eigenvalue weighted by atomic mass is 10.4. The Balaban J connectivity index is 2.15. The van der Waals surface area contributed by atoms with Gasteiger partial charge in [-0.15, -0.1) is 5.10 Å². The first-order valence-corrected chi connectivity index (χ1v) is 6.75. The van der Waals surface area contributed by atoms with Gasteiger partial charge in [-0.1, -0.05) is 5.21 Å². The molecule has 0 fully saturated rings. The summed E-state index contributed by atoms with van der Waals surface area (Å²) >= 11 is 0. The number of hydrogen-bond donors (Lipinski definition) is 2. The summed E-state index contributed by atoms with van der Waals surface area (Å²) in [5.74, 6) is 0.104. The van der Waals surface area contributed by atoms with Gasteiger partial charge in [0.25, 0.3) is 0 Å². The van der Waals surface area contributed by atoms with Crippen LogP contribution in [-0.4, -0.2) is 49.3 Å². The lowest BCUT2D eigenvalue weighted by Crippen LogP contribution is -2.31. The fourth-order valence-electron chi connectivity index (χ4n) is 1.13. The van der Waals surface area contributed by atoms with Gasteiger partial charge in [0, 0.05) is 25.8 Å². The predicted octanol–water partition coefficient (Wildman–Crippen LogP) is -1.19. The van der Waals surface area contributed by atoms with Crippen molar-refractivity contribution >= 4 is 10.0 Å². The zero-order valence-electron chi connectivity index (χ0n) is 9.26. The molecule has 2 N–H and O–H groups in total. The number of sulfonamides is 1. The Morgan fingerprint density at radius 2 is 2.19 bits per heavy atom. The van der Waals surface area contributed by atoms with Crippen LogP contribution in [0.3, 0.4) is 0 Å². The van der Waals surface area contributed by atoms with Gasteiger partial charge in [0.05, 0.1) is 11.9 Å². The van der Waals surface area contributed by atoms with Crippen LogP contribution in [0.25, 0.3) is 0 Å². The molecule has 1 heterocycles. The first-order chi connectivity index (χ1) is 7.64. The molecule has 16 heavy (non-hydrogen) atoms. The van der Waals surface area contributed by atoms with E-state index in [0.717, 1.165) is 0 Å². The van der Waals surface area contributed by atoms with E-state index < -0.39 is 10.0 Å². The zero-order valence-corrected chi connectivity index (χ0v) is 10.1. The molecule has 0 amide bonds. The Morgan fingerprint density at radius 3 is 2.81 bits per heavy atom. The smallest absolute Gasteiger partial charge is 0.212 e. The van der Waals surface area contributed by atoms with Gasteiger partial charge in [0.15, 0.2) is 0 Å². The van der Waals surface area contributed by atoms with Crippen LogP contribution in [0, 0.1) is 0 Å². The Morgan fingerprint density at radius 1 is 1.38 bits per heavy atom. The molecule has 1 aromatic rings. The minimum absolute atomic E-state index is 0.104. The Bertz CT molecular complexity index is 375. The molecular formula is C8H17N5O2S. The van der Waals surface area contributed by atoms with Gasteiger partial charge in [-0.3, -0.25) is 4.68 Å². The molecule has 0 saturated heterocycles. The van der Waals surface area contributed by atoms with Gasteiger partial charge >= 0.3 is 0 Å². The standard InChI is InChI=1S/C8H17N5O2S/c1-9-5-8-16(14,15)11-3-2-6-13-7-4-10-12-13/h4,7,9,11H,2-3,5-6,8H2,1H3. The highest BCUT2D eigenvalue weighted by molar-refractivity contribution is 7.89. The van der Waals surface area contributed by atoms with Gasteiger partial charge in [-0.25, -0.2) is 13.1 Å². The molecule has 0 spiro atoms. The predicted molar refractivity (Wildman–Crippen MR) is 60.4 cm³/mol. The van der Waals surface area contributed by atoms with E-state index >= 15 is 0 Å². The van der Waals surface area contributed by atoms with Gasteiger partial charge in [-0.05, 0) is 13.5 Å². The van der Waals surface area contributed by atoms with Gasteiger partial charge < -0.3 is 5.32 Å². The van der Waals surface area contributed by atoms with Crippen molar-refractivity contribution < 1.29 is 8.42 Å². The van der Waals surface area contributed by atoms with Crippen LogP contribution < -0.4 is 10.0 Å². The highest BCUT2D eigenvalue weighted by Gasteiger charge is 2.07. The minimum Gasteiger partial charge on any atom is -0.319 e. The summed E-state index contributed by atoms with van der Waals surface area (Å²) in [6.45, 7) is 1.54. The molecule has 1 rings (SSSR count). The fourth-order valence-corrected chi connectivity index (χ4v) is 2.20. The summed E-state index contributed by atoms with van der Waals surface area (Å²) < 4.78 is 26.9. The highest BCUT2D eigenvalue weighted by atomic mass is 32.2. The molecule has 0 atom stereocenters. The molecule has 92 valence electrons. The molecule has 0 saturated carbocycles. The van der Waals surface area contributed by atoms with Crippen molar-refractivity contribution in [1.82, 2.24) is 25.0 Å². The van der Waals surface area contributed by atoms with Crippen LogP contribution in [0.2, 0.25) is 0 Å². The third-order valence-electron chi connectivity index (χ3n) is 1.98. The number of aromatic nitrogens is 3. The Kier molecular flexibility index (Phi) is 5.36. The molecule has 7 nitrogen and oxygen atoms in total. The van der Waals surface area contributed by atoms with E-state index in [2.05, 4.69) is 20.4 Å². The van der Waals surface area contributed by atoms with Crippen LogP contribution in [0.15, 0.2) is 12.4 Å². The minimum atomic E-state index is -3.14. The average molecular weight is 247 g/mol. The third kappa shape index (κ3) is 5.19. The molecule has 0 bridgehead atoms. The lowest BCUT2D eigenvalue weighted by Gasteiger charge is -2.05. The van der Waals surface area contributed by atoms with Crippen molar-refractivity contribution in [2.75, 3.05) is 25.9 Å². The average Bonchev–Trinajstić information content (AvgIpc) is 2.75. The monoisotopic (exact) mass is 247 g/mol. The highest BCUT2D eigenvalue weighted by Crippen LogP contribution is 1.88. The fraction of sp³-hybridized carbons (Fsp3) is 0.750. The quantitative estimate of drug-likeness (QED) is 0.564. The van der Waals surface area contributed by atoms with Crippen molar-refractivity contribution in [3.8, 4) is 0 Å². The topological polar surface area (TPSA) is 88.9 Å². The molecule has 0 aliphatic heterocycles. The third-order valence-corrected chi connectivity index (χ3v) is 3.36. The first kappa shape index (κ1) is 13.1. The van der Waals surface area contributed by atoms with Gasteiger partial charge in [0.2, 0.25) is 10.0 Å². The Labute approximate surface area is 95.3 Å². The number of hydrogen-bond acceptors (Lipinski definition) is 5. The van der Waals surface area contributed by atoms with E-state index in [4.69, 9.17) is 0 Å². The molecule has 0 unspecified atom stereocenters. The number of aryl methyl sites for hydroxylation is 1. The van der Waals surface area contributed by atoms with E-state index in [-0.39, 0.29) is 5.75 Å². The second-order valence-electron chi connectivity index (χ2n) is 3.34. The second-order valence-corrected chi connectivity index (χ2v) is 5.26. The maximum atomic E-state index is 11.4. The largest absolute Gasteiger partial charge is 0.319 e. The zero-order chi connectivity index (χ0) is 11.9. The van der Waals surface area contributed by atoms with E-state index in [1.807, 2.05) is 0 Å².